The van der Waals surface area contributed by atoms with E-state index in [4.69, 9.17) is 14.2 Å². The predicted molar refractivity (Wildman–Crippen MR) is 130 cm³/mol. The average Bonchev–Trinajstić information content (AvgIpc) is 2.68. The molecule has 1 aliphatic rings. The Hall–Kier alpha value is -1.43. The van der Waals surface area contributed by atoms with Crippen molar-refractivity contribution >= 4 is 39.8 Å². The topological polar surface area (TPSA) is 89.5 Å². The molecular weight excluding hydrogens is 521 g/mol. The highest BCUT2D eigenvalue weighted by molar-refractivity contribution is 14.0. The lowest BCUT2D eigenvalue weighted by molar-refractivity contribution is 0.306. The molecule has 0 bridgehead atoms. The fourth-order valence-electron chi connectivity index (χ4n) is 3.05. The summed E-state index contributed by atoms with van der Waals surface area (Å²) in [7, 11) is 0.121. The van der Waals surface area contributed by atoms with Crippen molar-refractivity contribution in [3.63, 3.8) is 0 Å². The molecule has 0 atom stereocenters. The Labute approximate surface area is 197 Å². The molecular formula is C20H34IN3O5S. The minimum atomic E-state index is -3.08. The number of methoxy groups -OCH3 is 2. The maximum Gasteiger partial charge on any atom is 0.193 e. The smallest absolute Gasteiger partial charge is 0.193 e. The summed E-state index contributed by atoms with van der Waals surface area (Å²) in [4.78, 5) is 6.68. The van der Waals surface area contributed by atoms with Crippen LogP contribution in [0.3, 0.4) is 0 Å². The Morgan fingerprint density at radius 1 is 1.17 bits per heavy atom. The van der Waals surface area contributed by atoms with Gasteiger partial charge in [0.1, 0.15) is 17.2 Å². The molecule has 0 saturated carbocycles. The first-order valence-electron chi connectivity index (χ1n) is 9.84. The highest BCUT2D eigenvalue weighted by Gasteiger charge is 2.40. The van der Waals surface area contributed by atoms with Crippen LogP contribution in [0, 0.1) is 0 Å². The standard InChI is InChI=1S/C20H33N3O5S.HI/c1-6-21-19(23-9-11-29(24,25)20(2,3)15-23)22-8-7-10-28-18-13-16(26-4)12-17(14-18)27-5;/h12-14H,6-11,15H2,1-5H3,(H,21,22);1H. The molecule has 0 unspecified atom stereocenters. The minimum absolute atomic E-state index is 0. The van der Waals surface area contributed by atoms with Gasteiger partial charge in [0, 0.05) is 50.8 Å². The van der Waals surface area contributed by atoms with Crippen LogP contribution in [0.5, 0.6) is 17.2 Å². The Bertz CT molecular complexity index is 792. The van der Waals surface area contributed by atoms with Crippen LogP contribution in [0.25, 0.3) is 0 Å². The predicted octanol–water partition coefficient (Wildman–Crippen LogP) is 2.57. The van der Waals surface area contributed by atoms with Gasteiger partial charge in [0.25, 0.3) is 0 Å². The molecule has 8 nitrogen and oxygen atoms in total. The zero-order valence-electron chi connectivity index (χ0n) is 18.4. The van der Waals surface area contributed by atoms with Gasteiger partial charge < -0.3 is 24.4 Å². The maximum absolute atomic E-state index is 12.2. The zero-order valence-corrected chi connectivity index (χ0v) is 21.6. The first kappa shape index (κ1) is 26.6. The molecule has 1 fully saturated rings. The highest BCUT2D eigenvalue weighted by atomic mass is 127. The third-order valence-corrected chi connectivity index (χ3v) is 7.37. The van der Waals surface area contributed by atoms with Gasteiger partial charge in [-0.3, -0.25) is 4.99 Å². The molecule has 1 aliphatic heterocycles. The molecule has 1 N–H and O–H groups in total. The molecule has 0 spiro atoms. The lowest BCUT2D eigenvalue weighted by Gasteiger charge is -2.39. The minimum Gasteiger partial charge on any atom is -0.496 e. The lowest BCUT2D eigenvalue weighted by atomic mass is 10.2. The van der Waals surface area contributed by atoms with Crippen LogP contribution >= 0.6 is 24.0 Å². The fraction of sp³-hybridized carbons (Fsp3) is 0.650. The number of nitrogens with zero attached hydrogens (tertiary/aromatic N) is 2. The van der Waals surface area contributed by atoms with E-state index in [1.807, 2.05) is 24.0 Å². The van der Waals surface area contributed by atoms with E-state index in [0.717, 1.165) is 18.9 Å². The molecule has 30 heavy (non-hydrogen) atoms. The van der Waals surface area contributed by atoms with E-state index in [-0.39, 0.29) is 29.7 Å². The molecule has 172 valence electrons. The number of hydrogen-bond donors (Lipinski definition) is 1. The third kappa shape index (κ3) is 7.07. The number of sulfone groups is 1. The van der Waals surface area contributed by atoms with Gasteiger partial charge in [-0.1, -0.05) is 0 Å². The van der Waals surface area contributed by atoms with E-state index in [1.54, 1.807) is 34.1 Å². The van der Waals surface area contributed by atoms with Crippen molar-refractivity contribution in [2.24, 2.45) is 4.99 Å². The Morgan fingerprint density at radius 2 is 1.77 bits per heavy atom. The molecule has 1 aromatic rings. The fourth-order valence-corrected chi connectivity index (χ4v) is 4.42. The van der Waals surface area contributed by atoms with Gasteiger partial charge in [0.2, 0.25) is 0 Å². The number of hydrogen-bond acceptors (Lipinski definition) is 6. The van der Waals surface area contributed by atoms with Gasteiger partial charge in [-0.15, -0.1) is 24.0 Å². The second-order valence-corrected chi connectivity index (χ2v) is 10.2. The largest absolute Gasteiger partial charge is 0.496 e. The molecule has 0 radical (unpaired) electrons. The lowest BCUT2D eigenvalue weighted by Crippen LogP contribution is -2.57. The molecule has 0 amide bonds. The quantitative estimate of drug-likeness (QED) is 0.228. The van der Waals surface area contributed by atoms with Crippen molar-refractivity contribution in [3.8, 4) is 17.2 Å². The second-order valence-electron chi connectivity index (χ2n) is 7.49. The van der Waals surface area contributed by atoms with Crippen LogP contribution in [-0.2, 0) is 9.84 Å². The number of halogens is 1. The maximum atomic E-state index is 12.2. The molecule has 1 saturated heterocycles. The van der Waals surface area contributed by atoms with Crippen LogP contribution < -0.4 is 19.5 Å². The van der Waals surface area contributed by atoms with Gasteiger partial charge in [-0.2, -0.15) is 0 Å². The molecule has 1 aromatic carbocycles. The van der Waals surface area contributed by atoms with Crippen molar-refractivity contribution in [1.82, 2.24) is 10.2 Å². The number of guanidine groups is 1. The number of benzene rings is 1. The first-order chi connectivity index (χ1) is 13.7. The molecule has 10 heteroatoms. The van der Waals surface area contributed by atoms with E-state index in [2.05, 4.69) is 10.3 Å². The van der Waals surface area contributed by atoms with Crippen LogP contribution in [0.15, 0.2) is 23.2 Å². The third-order valence-electron chi connectivity index (χ3n) is 4.84. The summed E-state index contributed by atoms with van der Waals surface area (Å²) in [5.41, 5.74) is 0. The van der Waals surface area contributed by atoms with E-state index in [0.29, 0.717) is 43.5 Å². The average molecular weight is 555 g/mol. The van der Waals surface area contributed by atoms with Crippen LogP contribution in [0.4, 0.5) is 0 Å². The summed E-state index contributed by atoms with van der Waals surface area (Å²) in [6, 6.07) is 5.42. The number of rotatable bonds is 8. The van der Waals surface area contributed by atoms with Crippen LogP contribution in [0.2, 0.25) is 0 Å². The molecule has 0 aliphatic carbocycles. The van der Waals surface area contributed by atoms with Crippen molar-refractivity contribution < 1.29 is 22.6 Å². The Balaban J connectivity index is 0.00000450. The number of aliphatic imine (C=N–C) groups is 1. The monoisotopic (exact) mass is 555 g/mol. The van der Waals surface area contributed by atoms with E-state index in [9.17, 15) is 8.42 Å². The second kappa shape index (κ2) is 11.8. The molecule has 1 heterocycles. The van der Waals surface area contributed by atoms with E-state index < -0.39 is 14.6 Å². The van der Waals surface area contributed by atoms with Crippen molar-refractivity contribution in [2.45, 2.75) is 31.9 Å². The SMILES string of the molecule is CCNC(=NCCCOc1cc(OC)cc(OC)c1)N1CCS(=O)(=O)C(C)(C)C1.I. The summed E-state index contributed by atoms with van der Waals surface area (Å²) >= 11 is 0. The summed E-state index contributed by atoms with van der Waals surface area (Å²) in [6.45, 7) is 8.23. The zero-order chi connectivity index (χ0) is 21.5. The van der Waals surface area contributed by atoms with Crippen LogP contribution in [-0.4, -0.2) is 76.8 Å². The van der Waals surface area contributed by atoms with Gasteiger partial charge in [-0.25, -0.2) is 8.42 Å². The van der Waals surface area contributed by atoms with Crippen molar-refractivity contribution in [2.75, 3.05) is 52.8 Å². The van der Waals surface area contributed by atoms with Gasteiger partial charge >= 0.3 is 0 Å². The number of nitrogens with one attached hydrogen (secondary N) is 1. The molecule has 2 rings (SSSR count). The van der Waals surface area contributed by atoms with E-state index >= 15 is 0 Å². The Kier molecular flexibility index (Phi) is 10.5. The summed E-state index contributed by atoms with van der Waals surface area (Å²) in [5, 5.41) is 3.26. The Morgan fingerprint density at radius 3 is 2.30 bits per heavy atom. The van der Waals surface area contributed by atoms with Gasteiger partial charge in [-0.05, 0) is 20.8 Å². The summed E-state index contributed by atoms with van der Waals surface area (Å²) < 4.78 is 40.0. The van der Waals surface area contributed by atoms with Crippen LogP contribution in [0.1, 0.15) is 27.2 Å². The van der Waals surface area contributed by atoms with Gasteiger partial charge in [0.05, 0.1) is 31.3 Å². The summed E-state index contributed by atoms with van der Waals surface area (Å²) in [5.74, 6) is 2.92. The van der Waals surface area contributed by atoms with Crippen molar-refractivity contribution in [1.29, 1.82) is 0 Å². The molecule has 0 aromatic heterocycles. The first-order valence-corrected chi connectivity index (χ1v) is 11.5. The van der Waals surface area contributed by atoms with E-state index in [1.165, 1.54) is 0 Å². The summed E-state index contributed by atoms with van der Waals surface area (Å²) in [6.07, 6.45) is 0.726. The highest BCUT2D eigenvalue weighted by Crippen LogP contribution is 2.27. The number of ether oxygens (including phenoxy) is 3. The van der Waals surface area contributed by atoms with Crippen molar-refractivity contribution in [3.05, 3.63) is 18.2 Å². The van der Waals surface area contributed by atoms with Gasteiger partial charge in [0.15, 0.2) is 15.8 Å². The normalized spacial score (nSPS) is 17.6.